The maximum atomic E-state index is 12.6. The molecule has 3 N–H and O–H groups in total. The topological polar surface area (TPSA) is 109 Å². The minimum Gasteiger partial charge on any atom is -0.444 e. The van der Waals surface area contributed by atoms with E-state index in [2.05, 4.69) is 20.9 Å². The molecule has 9 heteroatoms. The van der Waals surface area contributed by atoms with Gasteiger partial charge < -0.3 is 10.1 Å². The molecule has 0 radical (unpaired) electrons. The van der Waals surface area contributed by atoms with E-state index in [0.29, 0.717) is 16.4 Å². The molecule has 0 aliphatic heterocycles. The molecule has 3 amide bonds. The first-order valence-corrected chi connectivity index (χ1v) is 11.6. The van der Waals surface area contributed by atoms with Gasteiger partial charge in [0, 0.05) is 29.1 Å². The molecular weight excluding hydrogens is 452 g/mol. The minimum absolute atomic E-state index is 0.0783. The molecule has 1 unspecified atom stereocenters. The smallest absolute Gasteiger partial charge is 0.412 e. The van der Waals surface area contributed by atoms with E-state index < -0.39 is 11.7 Å². The van der Waals surface area contributed by atoms with Gasteiger partial charge in [-0.05, 0) is 57.5 Å². The minimum atomic E-state index is -0.594. The fourth-order valence-electron chi connectivity index (χ4n) is 3.09. The molecule has 0 spiro atoms. The number of aromatic nitrogens is 1. The van der Waals surface area contributed by atoms with Crippen molar-refractivity contribution in [2.24, 2.45) is 0 Å². The number of nitrogens with zero attached hydrogens (tertiary/aromatic N) is 1. The number of anilines is 2. The summed E-state index contributed by atoms with van der Waals surface area (Å²) in [7, 11) is 0. The molecule has 3 rings (SSSR count). The van der Waals surface area contributed by atoms with Gasteiger partial charge in [-0.1, -0.05) is 24.3 Å². The number of hydrogen-bond acceptors (Lipinski definition) is 6. The first kappa shape index (κ1) is 24.9. The van der Waals surface area contributed by atoms with Gasteiger partial charge in [0.15, 0.2) is 5.13 Å². The van der Waals surface area contributed by atoms with Gasteiger partial charge in [0.1, 0.15) is 5.60 Å². The summed E-state index contributed by atoms with van der Waals surface area (Å²) in [4.78, 5) is 40.2. The van der Waals surface area contributed by atoms with Crippen molar-refractivity contribution in [1.82, 2.24) is 10.3 Å². The third-order valence-corrected chi connectivity index (χ3v) is 5.40. The third kappa shape index (κ3) is 7.14. The molecule has 1 heterocycles. The van der Waals surface area contributed by atoms with Gasteiger partial charge in [-0.25, -0.2) is 9.78 Å². The van der Waals surface area contributed by atoms with Gasteiger partial charge >= 0.3 is 6.09 Å². The fourth-order valence-corrected chi connectivity index (χ4v) is 3.80. The number of carbonyl (C=O) groups is 3. The molecule has 0 saturated carbocycles. The lowest BCUT2D eigenvalue weighted by Gasteiger charge is -2.19. The largest absolute Gasteiger partial charge is 0.444 e. The van der Waals surface area contributed by atoms with Crippen LogP contribution in [0.25, 0.3) is 11.3 Å². The van der Waals surface area contributed by atoms with Gasteiger partial charge in [0.2, 0.25) is 5.91 Å². The third-order valence-electron chi connectivity index (χ3n) is 4.64. The Morgan fingerprint density at radius 2 is 1.62 bits per heavy atom. The van der Waals surface area contributed by atoms with Crippen LogP contribution in [0.3, 0.4) is 0 Å². The predicted molar refractivity (Wildman–Crippen MR) is 134 cm³/mol. The summed E-state index contributed by atoms with van der Waals surface area (Å²) < 4.78 is 5.22. The molecule has 3 aromatic rings. The highest BCUT2D eigenvalue weighted by atomic mass is 32.1. The molecule has 1 aromatic heterocycles. The summed E-state index contributed by atoms with van der Waals surface area (Å²) in [5, 5.41) is 10.6. The monoisotopic (exact) mass is 480 g/mol. The zero-order chi connectivity index (χ0) is 24.9. The first-order chi connectivity index (χ1) is 16.0. The molecule has 0 saturated heterocycles. The van der Waals surface area contributed by atoms with Crippen LogP contribution < -0.4 is 16.0 Å². The highest BCUT2D eigenvalue weighted by molar-refractivity contribution is 7.14. The Labute approximate surface area is 202 Å². The molecular formula is C25H28N4O4S. The molecule has 0 aliphatic rings. The second-order valence-electron chi connectivity index (χ2n) is 8.74. The fraction of sp³-hybridized carbons (Fsp3) is 0.280. The van der Waals surface area contributed by atoms with E-state index in [1.165, 1.54) is 18.3 Å². The number of rotatable bonds is 6. The van der Waals surface area contributed by atoms with Crippen LogP contribution in [-0.2, 0) is 9.53 Å². The Morgan fingerprint density at radius 1 is 0.971 bits per heavy atom. The van der Waals surface area contributed by atoms with Crippen molar-refractivity contribution < 1.29 is 19.1 Å². The lowest BCUT2D eigenvalue weighted by atomic mass is 10.1. The quantitative estimate of drug-likeness (QED) is 0.425. The van der Waals surface area contributed by atoms with Crippen molar-refractivity contribution in [3.05, 3.63) is 65.0 Å². The van der Waals surface area contributed by atoms with Gasteiger partial charge in [0.05, 0.1) is 11.7 Å². The average Bonchev–Trinajstić information content (AvgIpc) is 3.21. The van der Waals surface area contributed by atoms with E-state index in [1.807, 2.05) is 36.6 Å². The molecule has 178 valence electrons. The Kier molecular flexibility index (Phi) is 7.68. The Hall–Kier alpha value is -3.72. The molecule has 0 aliphatic carbocycles. The van der Waals surface area contributed by atoms with E-state index in [0.717, 1.165) is 16.8 Å². The second kappa shape index (κ2) is 10.5. The lowest BCUT2D eigenvalue weighted by molar-refractivity contribution is -0.119. The van der Waals surface area contributed by atoms with Gasteiger partial charge in [-0.3, -0.25) is 20.2 Å². The standard InChI is InChI=1S/C25H28N4O4S/c1-15(26-16(2)30)17-6-8-18(9-7-17)21-14-34-23(28-21)29-22(31)19-10-12-20(13-11-19)27-24(32)33-25(3,4)5/h6-15H,1-5H3,(H,26,30)(H,27,32)(H,28,29,31). The highest BCUT2D eigenvalue weighted by Gasteiger charge is 2.16. The Morgan fingerprint density at radius 3 is 2.21 bits per heavy atom. The number of hydrogen-bond donors (Lipinski definition) is 3. The van der Waals surface area contributed by atoms with Crippen molar-refractivity contribution in [2.45, 2.75) is 46.3 Å². The summed E-state index contributed by atoms with van der Waals surface area (Å²) in [6, 6.07) is 14.2. The van der Waals surface area contributed by atoms with Gasteiger partial charge in [-0.15, -0.1) is 11.3 Å². The van der Waals surface area contributed by atoms with Crippen molar-refractivity contribution >= 4 is 40.1 Å². The maximum absolute atomic E-state index is 12.6. The van der Waals surface area contributed by atoms with Crippen molar-refractivity contribution in [2.75, 3.05) is 10.6 Å². The van der Waals surface area contributed by atoms with Crippen LogP contribution in [-0.4, -0.2) is 28.5 Å². The summed E-state index contributed by atoms with van der Waals surface area (Å²) in [5.41, 5.74) is 3.02. The zero-order valence-electron chi connectivity index (χ0n) is 19.8. The van der Waals surface area contributed by atoms with Crippen LogP contribution in [0, 0.1) is 0 Å². The van der Waals surface area contributed by atoms with Crippen LogP contribution in [0.5, 0.6) is 0 Å². The Balaban J connectivity index is 1.60. The number of amides is 3. The number of ether oxygens (including phenoxy) is 1. The SMILES string of the molecule is CC(=O)NC(C)c1ccc(-c2csc(NC(=O)c3ccc(NC(=O)OC(C)(C)C)cc3)n2)cc1. The second-order valence-corrected chi connectivity index (χ2v) is 9.60. The average molecular weight is 481 g/mol. The zero-order valence-corrected chi connectivity index (χ0v) is 20.6. The number of thiazole rings is 1. The summed E-state index contributed by atoms with van der Waals surface area (Å²) in [6.45, 7) is 8.77. The van der Waals surface area contributed by atoms with E-state index in [-0.39, 0.29) is 17.9 Å². The number of carbonyl (C=O) groups excluding carboxylic acids is 3. The van der Waals surface area contributed by atoms with Crippen LogP contribution in [0.1, 0.15) is 56.6 Å². The van der Waals surface area contributed by atoms with Gasteiger partial charge in [0.25, 0.3) is 5.91 Å². The molecule has 1 atom stereocenters. The lowest BCUT2D eigenvalue weighted by Crippen LogP contribution is -2.27. The number of nitrogens with one attached hydrogen (secondary N) is 3. The summed E-state index contributed by atoms with van der Waals surface area (Å²) in [6.07, 6.45) is -0.558. The summed E-state index contributed by atoms with van der Waals surface area (Å²) >= 11 is 1.33. The predicted octanol–water partition coefficient (Wildman–Crippen LogP) is 5.61. The summed E-state index contributed by atoms with van der Waals surface area (Å²) in [5.74, 6) is -0.380. The molecule has 34 heavy (non-hydrogen) atoms. The van der Waals surface area contributed by atoms with Gasteiger partial charge in [-0.2, -0.15) is 0 Å². The van der Waals surface area contributed by atoms with Crippen LogP contribution in [0.15, 0.2) is 53.9 Å². The van der Waals surface area contributed by atoms with Crippen molar-refractivity contribution in [1.29, 1.82) is 0 Å². The maximum Gasteiger partial charge on any atom is 0.412 e. The first-order valence-electron chi connectivity index (χ1n) is 10.7. The molecule has 8 nitrogen and oxygen atoms in total. The van der Waals surface area contributed by atoms with Crippen LogP contribution in [0.4, 0.5) is 15.6 Å². The van der Waals surface area contributed by atoms with Crippen molar-refractivity contribution in [3.8, 4) is 11.3 Å². The van der Waals surface area contributed by atoms with Crippen LogP contribution >= 0.6 is 11.3 Å². The molecule has 0 bridgehead atoms. The van der Waals surface area contributed by atoms with Crippen LogP contribution in [0.2, 0.25) is 0 Å². The van der Waals surface area contributed by atoms with E-state index in [9.17, 15) is 14.4 Å². The normalized spacial score (nSPS) is 11.9. The molecule has 0 fully saturated rings. The van der Waals surface area contributed by atoms with E-state index in [1.54, 1.807) is 45.0 Å². The highest BCUT2D eigenvalue weighted by Crippen LogP contribution is 2.26. The van der Waals surface area contributed by atoms with E-state index in [4.69, 9.17) is 4.74 Å². The van der Waals surface area contributed by atoms with E-state index >= 15 is 0 Å². The Bertz CT molecular complexity index is 1160. The number of benzene rings is 2. The molecule has 2 aromatic carbocycles. The van der Waals surface area contributed by atoms with Crippen molar-refractivity contribution in [3.63, 3.8) is 0 Å².